The minimum atomic E-state index is -0.0810. The van der Waals surface area contributed by atoms with Gasteiger partial charge in [-0.05, 0) is 12.3 Å². The van der Waals surface area contributed by atoms with Crippen molar-refractivity contribution in [3.8, 4) is 0 Å². The molecular weight excluding hydrogens is 146 g/mol. The average molecular weight is 159 g/mol. The molecule has 0 saturated heterocycles. The number of rotatable bonds is 3. The second kappa shape index (κ2) is 3.19. The van der Waals surface area contributed by atoms with E-state index >= 15 is 0 Å². The first-order valence-corrected chi connectivity index (χ1v) is 3.63. The second-order valence-corrected chi connectivity index (χ2v) is 2.78. The Bertz CT molecular complexity index is 156. The zero-order valence-electron chi connectivity index (χ0n) is 7.03. The van der Waals surface area contributed by atoms with Crippen molar-refractivity contribution in [3.05, 3.63) is 0 Å². The summed E-state index contributed by atoms with van der Waals surface area (Å²) < 4.78 is 0. The molecule has 0 aromatic rings. The van der Waals surface area contributed by atoms with Gasteiger partial charge in [-0.25, -0.2) is 9.68 Å². The number of hydrogen-bond acceptors (Lipinski definition) is 3. The number of hydrogen-bond donors (Lipinski definition) is 0. The first-order valence-electron chi connectivity index (χ1n) is 3.63. The summed E-state index contributed by atoms with van der Waals surface area (Å²) in [6.45, 7) is 2.03. The smallest absolute Gasteiger partial charge is 0.270 e. The van der Waals surface area contributed by atoms with Crippen LogP contribution in [0.4, 0.5) is 0 Å². The van der Waals surface area contributed by atoms with E-state index in [9.17, 15) is 4.79 Å². The van der Waals surface area contributed by atoms with E-state index < -0.39 is 0 Å². The van der Waals surface area contributed by atoms with Crippen LogP contribution in [0.25, 0.3) is 0 Å². The highest BCUT2D eigenvalue weighted by molar-refractivity contribution is 5.79. The van der Waals surface area contributed by atoms with Gasteiger partial charge in [-0.2, -0.15) is 0 Å². The highest BCUT2D eigenvalue weighted by Crippen LogP contribution is 2.39. The van der Waals surface area contributed by atoms with Crippen LogP contribution in [-0.4, -0.2) is 25.4 Å². The minimum Gasteiger partial charge on any atom is -0.270 e. The van der Waals surface area contributed by atoms with Crippen molar-refractivity contribution in [2.24, 2.45) is 11.8 Å². The predicted molar refractivity (Wildman–Crippen MR) is 38.1 cm³/mol. The molecule has 1 saturated carbocycles. The van der Waals surface area contributed by atoms with Crippen molar-refractivity contribution >= 4 is 5.91 Å². The molecule has 2 atom stereocenters. The Morgan fingerprint density at radius 1 is 1.45 bits per heavy atom. The number of amides is 1. The fourth-order valence-electron chi connectivity index (χ4n) is 1.06. The lowest BCUT2D eigenvalue weighted by Crippen LogP contribution is -2.30. The van der Waals surface area contributed by atoms with Gasteiger partial charge in [-0.15, -0.1) is 0 Å². The molecule has 0 spiro atoms. The first kappa shape index (κ1) is 8.49. The average Bonchev–Trinajstić information content (AvgIpc) is 2.69. The van der Waals surface area contributed by atoms with Crippen LogP contribution in [0, 0.1) is 11.8 Å². The van der Waals surface area contributed by atoms with Crippen LogP contribution in [0.1, 0.15) is 13.3 Å². The number of carbonyl (C=O) groups excluding carboxylic acids is 1. The molecule has 1 aliphatic rings. The normalized spacial score (nSPS) is 28.3. The summed E-state index contributed by atoms with van der Waals surface area (Å²) in [4.78, 5) is 20.6. The third-order valence-corrected chi connectivity index (χ3v) is 1.94. The van der Waals surface area contributed by atoms with E-state index in [1.807, 2.05) is 6.92 Å². The fourth-order valence-corrected chi connectivity index (χ4v) is 1.06. The monoisotopic (exact) mass is 159 g/mol. The first-order chi connectivity index (χ1) is 5.20. The van der Waals surface area contributed by atoms with E-state index in [0.717, 1.165) is 11.6 Å². The number of carbonyl (C=O) groups is 1. The van der Waals surface area contributed by atoms with Crippen LogP contribution in [0.3, 0.4) is 0 Å². The van der Waals surface area contributed by atoms with E-state index in [4.69, 9.17) is 0 Å². The van der Waals surface area contributed by atoms with Crippen molar-refractivity contribution < 1.29 is 14.5 Å². The summed E-state index contributed by atoms with van der Waals surface area (Å²) in [7, 11) is 2.82. The van der Waals surface area contributed by atoms with E-state index in [2.05, 4.69) is 9.68 Å². The lowest BCUT2D eigenvalue weighted by atomic mass is 10.3. The highest BCUT2D eigenvalue weighted by Gasteiger charge is 2.42. The van der Waals surface area contributed by atoms with Gasteiger partial charge in [-0.1, -0.05) is 12.2 Å². The van der Waals surface area contributed by atoms with Crippen LogP contribution in [-0.2, 0) is 14.5 Å². The second-order valence-electron chi connectivity index (χ2n) is 2.78. The maximum atomic E-state index is 11.3. The van der Waals surface area contributed by atoms with Crippen molar-refractivity contribution in [2.75, 3.05) is 14.2 Å². The predicted octanol–water partition coefficient (Wildman–Crippen LogP) is 0.594. The van der Waals surface area contributed by atoms with Crippen LogP contribution in [0.15, 0.2) is 0 Å². The van der Waals surface area contributed by atoms with Crippen molar-refractivity contribution in [2.45, 2.75) is 13.3 Å². The third-order valence-electron chi connectivity index (χ3n) is 1.94. The van der Waals surface area contributed by atoms with Crippen LogP contribution in [0.5, 0.6) is 0 Å². The molecule has 0 aliphatic heterocycles. The van der Waals surface area contributed by atoms with Crippen molar-refractivity contribution in [3.63, 3.8) is 0 Å². The zero-order valence-corrected chi connectivity index (χ0v) is 7.03. The number of hydroxylamine groups is 2. The molecule has 1 amide bonds. The Labute approximate surface area is 66.0 Å². The Morgan fingerprint density at radius 3 is 2.18 bits per heavy atom. The maximum absolute atomic E-state index is 11.3. The lowest BCUT2D eigenvalue weighted by molar-refractivity contribution is -0.318. The summed E-state index contributed by atoms with van der Waals surface area (Å²) in [6, 6.07) is 0. The van der Waals surface area contributed by atoms with Gasteiger partial charge in [0.05, 0.1) is 14.2 Å². The molecule has 1 fully saturated rings. The molecule has 4 heteroatoms. The van der Waals surface area contributed by atoms with Gasteiger partial charge < -0.3 is 0 Å². The molecule has 0 N–H and O–H groups in total. The highest BCUT2D eigenvalue weighted by atomic mass is 16.9. The van der Waals surface area contributed by atoms with Crippen molar-refractivity contribution in [1.82, 2.24) is 5.23 Å². The Kier molecular flexibility index (Phi) is 2.46. The van der Waals surface area contributed by atoms with E-state index in [-0.39, 0.29) is 11.8 Å². The number of nitrogens with zero attached hydrogens (tertiary/aromatic N) is 1. The van der Waals surface area contributed by atoms with Gasteiger partial charge in [0, 0.05) is 5.92 Å². The topological polar surface area (TPSA) is 38.8 Å². The Hall–Kier alpha value is -0.610. The van der Waals surface area contributed by atoms with Crippen LogP contribution in [0.2, 0.25) is 0 Å². The third kappa shape index (κ3) is 1.70. The molecule has 0 aromatic carbocycles. The maximum Gasteiger partial charge on any atom is 0.276 e. The van der Waals surface area contributed by atoms with Gasteiger partial charge >= 0.3 is 0 Å². The van der Waals surface area contributed by atoms with Gasteiger partial charge in [0.25, 0.3) is 5.91 Å². The minimum absolute atomic E-state index is 0.0810. The summed E-state index contributed by atoms with van der Waals surface area (Å²) in [5, 5.41) is 0.925. The Morgan fingerprint density at radius 2 is 1.91 bits per heavy atom. The quantitative estimate of drug-likeness (QED) is 0.566. The lowest BCUT2D eigenvalue weighted by Gasteiger charge is -2.15. The summed E-state index contributed by atoms with van der Waals surface area (Å²) in [5.74, 6) is 0.507. The van der Waals surface area contributed by atoms with Gasteiger partial charge in [-0.3, -0.25) is 4.79 Å². The fraction of sp³-hybridized carbons (Fsp3) is 0.857. The summed E-state index contributed by atoms with van der Waals surface area (Å²) in [5.41, 5.74) is 0. The van der Waals surface area contributed by atoms with Crippen molar-refractivity contribution in [1.29, 1.82) is 0 Å². The molecule has 0 bridgehead atoms. The summed E-state index contributed by atoms with van der Waals surface area (Å²) in [6.07, 6.45) is 0.946. The van der Waals surface area contributed by atoms with E-state index in [1.54, 1.807) is 0 Å². The molecule has 1 aliphatic carbocycles. The summed E-state index contributed by atoms with van der Waals surface area (Å²) >= 11 is 0. The molecule has 11 heavy (non-hydrogen) atoms. The van der Waals surface area contributed by atoms with Crippen LogP contribution < -0.4 is 0 Å². The SMILES string of the molecule is CON(OC)C(=O)[C@H]1C[C@@H]1C. The molecule has 0 unspecified atom stereocenters. The van der Waals surface area contributed by atoms with Crippen LogP contribution >= 0.6 is 0 Å². The molecule has 1 rings (SSSR count). The van der Waals surface area contributed by atoms with Gasteiger partial charge in [0.2, 0.25) is 0 Å². The Balaban J connectivity index is 2.39. The standard InChI is InChI=1S/C7H13NO3/c1-5-4-6(5)7(9)8(10-2)11-3/h5-6H,4H2,1-3H3/t5-,6-/m0/s1. The zero-order chi connectivity index (χ0) is 8.43. The largest absolute Gasteiger partial charge is 0.276 e. The van der Waals surface area contributed by atoms with Gasteiger partial charge in [0.1, 0.15) is 0 Å². The molecule has 4 nitrogen and oxygen atoms in total. The molecule has 64 valence electrons. The van der Waals surface area contributed by atoms with E-state index in [1.165, 1.54) is 14.2 Å². The molecule has 0 heterocycles. The molecule has 0 radical (unpaired) electrons. The van der Waals surface area contributed by atoms with E-state index in [0.29, 0.717) is 5.92 Å². The molecular formula is C7H13NO3. The van der Waals surface area contributed by atoms with Gasteiger partial charge in [0.15, 0.2) is 0 Å². The molecule has 0 aromatic heterocycles.